The second-order valence-corrected chi connectivity index (χ2v) is 13.5. The Labute approximate surface area is 219 Å². The molecule has 0 unspecified atom stereocenters. The maximum Gasteiger partial charge on any atom is 0.246 e. The molecule has 2 aliphatic rings. The van der Waals surface area contributed by atoms with Crippen LogP contribution < -0.4 is 10.1 Å². The van der Waals surface area contributed by atoms with E-state index in [4.69, 9.17) is 4.74 Å². The second kappa shape index (κ2) is 11.5. The van der Waals surface area contributed by atoms with Gasteiger partial charge in [-0.25, -0.2) is 16.8 Å². The number of aryl methyl sites for hydroxylation is 1. The van der Waals surface area contributed by atoms with E-state index in [0.29, 0.717) is 45.4 Å². The summed E-state index contributed by atoms with van der Waals surface area (Å²) in [5.74, 6) is -0.326. The van der Waals surface area contributed by atoms with Crippen LogP contribution in [-0.2, 0) is 31.3 Å². The Kier molecular flexibility index (Phi) is 8.57. The molecule has 2 aliphatic heterocycles. The first kappa shape index (κ1) is 27.6. The fourth-order valence-corrected chi connectivity index (χ4v) is 8.16. The molecule has 37 heavy (non-hydrogen) atoms. The summed E-state index contributed by atoms with van der Waals surface area (Å²) in [5.41, 5.74) is 1.73. The number of nitrogens with one attached hydrogen (secondary N) is 1. The minimum absolute atomic E-state index is 0.117. The van der Waals surface area contributed by atoms with Crippen LogP contribution in [0.25, 0.3) is 0 Å². The van der Waals surface area contributed by atoms with E-state index >= 15 is 0 Å². The topological polar surface area (TPSA) is 113 Å². The van der Waals surface area contributed by atoms with Gasteiger partial charge in [0.25, 0.3) is 0 Å². The summed E-state index contributed by atoms with van der Waals surface area (Å²) in [5, 5.41) is 2.92. The third-order valence-electron chi connectivity index (χ3n) is 7.03. The zero-order valence-electron chi connectivity index (χ0n) is 21.4. The Balaban J connectivity index is 1.33. The predicted molar refractivity (Wildman–Crippen MR) is 140 cm³/mol. The SMILES string of the molecule is COc1ccc(C)cc1S(=O)(=O)N1CCC[C@H](C(=O)NCCc2ccc(S(=O)(=O)N3CCCC3)cc2)C1. The Morgan fingerprint density at radius 2 is 1.62 bits per heavy atom. The van der Waals surface area contributed by atoms with Gasteiger partial charge in [0.2, 0.25) is 26.0 Å². The summed E-state index contributed by atoms with van der Waals surface area (Å²) in [7, 11) is -5.81. The summed E-state index contributed by atoms with van der Waals surface area (Å²) < 4.78 is 60.2. The van der Waals surface area contributed by atoms with Gasteiger partial charge in [-0.2, -0.15) is 8.61 Å². The lowest BCUT2D eigenvalue weighted by Crippen LogP contribution is -2.45. The molecule has 2 fully saturated rings. The van der Waals surface area contributed by atoms with Crippen molar-refractivity contribution < 1.29 is 26.4 Å². The van der Waals surface area contributed by atoms with E-state index in [1.807, 2.05) is 6.92 Å². The lowest BCUT2D eigenvalue weighted by molar-refractivity contribution is -0.126. The average Bonchev–Trinajstić information content (AvgIpc) is 3.45. The van der Waals surface area contributed by atoms with Crippen molar-refractivity contribution in [1.29, 1.82) is 0 Å². The van der Waals surface area contributed by atoms with Crippen LogP contribution >= 0.6 is 0 Å². The van der Waals surface area contributed by atoms with Crippen molar-refractivity contribution in [2.75, 3.05) is 39.8 Å². The Bertz CT molecular complexity index is 1320. The summed E-state index contributed by atoms with van der Waals surface area (Å²) >= 11 is 0. The highest BCUT2D eigenvalue weighted by atomic mass is 32.2. The summed E-state index contributed by atoms with van der Waals surface area (Å²) in [6.45, 7) is 3.81. The van der Waals surface area contributed by atoms with Crippen LogP contribution in [0.4, 0.5) is 0 Å². The zero-order chi connectivity index (χ0) is 26.6. The molecule has 4 rings (SSSR count). The molecule has 2 aromatic carbocycles. The van der Waals surface area contributed by atoms with Gasteiger partial charge in [0.15, 0.2) is 0 Å². The van der Waals surface area contributed by atoms with E-state index in [9.17, 15) is 21.6 Å². The van der Waals surface area contributed by atoms with Gasteiger partial charge in [-0.1, -0.05) is 18.2 Å². The van der Waals surface area contributed by atoms with Gasteiger partial charge in [0, 0.05) is 32.7 Å². The third-order valence-corrected chi connectivity index (χ3v) is 10.8. The van der Waals surface area contributed by atoms with Gasteiger partial charge >= 0.3 is 0 Å². The number of nitrogens with zero attached hydrogens (tertiary/aromatic N) is 2. The molecule has 0 saturated carbocycles. The van der Waals surface area contributed by atoms with Crippen LogP contribution in [0.1, 0.15) is 36.8 Å². The molecule has 0 bridgehead atoms. The molecule has 202 valence electrons. The van der Waals surface area contributed by atoms with E-state index in [2.05, 4.69) is 5.32 Å². The second-order valence-electron chi connectivity index (χ2n) is 9.65. The number of amides is 1. The monoisotopic (exact) mass is 549 g/mol. The minimum Gasteiger partial charge on any atom is -0.495 e. The van der Waals surface area contributed by atoms with Crippen LogP contribution in [-0.4, -0.2) is 71.2 Å². The quantitative estimate of drug-likeness (QED) is 0.514. The summed E-state index contributed by atoms with van der Waals surface area (Å²) in [6, 6.07) is 11.8. The Morgan fingerprint density at radius 3 is 2.30 bits per heavy atom. The van der Waals surface area contributed by atoms with E-state index in [0.717, 1.165) is 24.0 Å². The first-order valence-electron chi connectivity index (χ1n) is 12.6. The molecule has 2 aromatic rings. The van der Waals surface area contributed by atoms with E-state index in [-0.39, 0.29) is 28.0 Å². The lowest BCUT2D eigenvalue weighted by atomic mass is 9.99. The molecule has 11 heteroatoms. The first-order valence-corrected chi connectivity index (χ1v) is 15.5. The summed E-state index contributed by atoms with van der Waals surface area (Å²) in [6.07, 6.45) is 3.54. The highest BCUT2D eigenvalue weighted by molar-refractivity contribution is 7.89. The fraction of sp³-hybridized carbons (Fsp3) is 0.500. The number of sulfonamides is 2. The van der Waals surface area contributed by atoms with E-state index in [1.165, 1.54) is 15.7 Å². The molecule has 0 radical (unpaired) electrons. The largest absolute Gasteiger partial charge is 0.495 e. The molecule has 0 aromatic heterocycles. The molecule has 1 atom stereocenters. The van der Waals surface area contributed by atoms with Crippen LogP contribution in [0.2, 0.25) is 0 Å². The number of benzene rings is 2. The van der Waals surface area contributed by atoms with Crippen molar-refractivity contribution in [3.05, 3.63) is 53.6 Å². The van der Waals surface area contributed by atoms with Gasteiger partial charge in [-0.05, 0) is 74.4 Å². The lowest BCUT2D eigenvalue weighted by Gasteiger charge is -2.31. The molecular formula is C26H35N3O6S2. The van der Waals surface area contributed by atoms with Crippen molar-refractivity contribution in [3.63, 3.8) is 0 Å². The third kappa shape index (κ3) is 6.17. The molecule has 1 amide bonds. The Hall–Kier alpha value is -2.47. The van der Waals surface area contributed by atoms with E-state index in [1.54, 1.807) is 42.5 Å². The number of carbonyl (C=O) groups excluding carboxylic acids is 1. The van der Waals surface area contributed by atoms with Crippen molar-refractivity contribution in [3.8, 4) is 5.75 Å². The van der Waals surface area contributed by atoms with Gasteiger partial charge in [-0.15, -0.1) is 0 Å². The smallest absolute Gasteiger partial charge is 0.246 e. The number of rotatable bonds is 9. The zero-order valence-corrected chi connectivity index (χ0v) is 23.0. The number of carbonyl (C=O) groups is 1. The van der Waals surface area contributed by atoms with Crippen molar-refractivity contribution in [2.45, 2.75) is 48.8 Å². The number of piperidine rings is 1. The predicted octanol–water partition coefficient (Wildman–Crippen LogP) is 2.55. The number of hydrogen-bond acceptors (Lipinski definition) is 6. The van der Waals surface area contributed by atoms with Crippen LogP contribution in [0.3, 0.4) is 0 Å². The Morgan fingerprint density at radius 1 is 0.946 bits per heavy atom. The first-order chi connectivity index (χ1) is 17.6. The molecular weight excluding hydrogens is 514 g/mol. The van der Waals surface area contributed by atoms with Gasteiger partial charge in [0.1, 0.15) is 10.6 Å². The van der Waals surface area contributed by atoms with Gasteiger partial charge in [-0.3, -0.25) is 4.79 Å². The van der Waals surface area contributed by atoms with Crippen molar-refractivity contribution >= 4 is 26.0 Å². The molecule has 9 nitrogen and oxygen atoms in total. The maximum atomic E-state index is 13.3. The van der Waals surface area contributed by atoms with Crippen LogP contribution in [0, 0.1) is 12.8 Å². The van der Waals surface area contributed by atoms with E-state index < -0.39 is 26.0 Å². The van der Waals surface area contributed by atoms with Crippen molar-refractivity contribution in [1.82, 2.24) is 13.9 Å². The summed E-state index contributed by atoms with van der Waals surface area (Å²) in [4.78, 5) is 13.3. The van der Waals surface area contributed by atoms with Crippen LogP contribution in [0.15, 0.2) is 52.3 Å². The molecule has 1 N–H and O–H groups in total. The highest BCUT2D eigenvalue weighted by Gasteiger charge is 2.35. The number of hydrogen-bond donors (Lipinski definition) is 1. The average molecular weight is 550 g/mol. The van der Waals surface area contributed by atoms with Gasteiger partial charge < -0.3 is 10.1 Å². The number of methoxy groups -OCH3 is 1. The fourth-order valence-electron chi connectivity index (χ4n) is 4.88. The maximum absolute atomic E-state index is 13.3. The number of ether oxygens (including phenoxy) is 1. The van der Waals surface area contributed by atoms with Crippen LogP contribution in [0.5, 0.6) is 5.75 Å². The van der Waals surface area contributed by atoms with Gasteiger partial charge in [0.05, 0.1) is 17.9 Å². The van der Waals surface area contributed by atoms with Crippen molar-refractivity contribution in [2.24, 2.45) is 5.92 Å². The molecule has 0 spiro atoms. The molecule has 2 saturated heterocycles. The molecule has 0 aliphatic carbocycles. The standard InChI is InChI=1S/C26H35N3O6S2/c1-20-7-12-24(35-2)25(18-20)37(33,34)29-17-5-6-22(19-29)26(30)27-14-13-21-8-10-23(11-9-21)36(31,32)28-15-3-4-16-28/h7-12,18,22H,3-6,13-17,19H2,1-2H3,(H,27,30)/t22-/m0/s1. The highest BCUT2D eigenvalue weighted by Crippen LogP contribution is 2.30. The minimum atomic E-state index is -3.80. The normalized spacial score (nSPS) is 19.6. The molecule has 2 heterocycles.